The summed E-state index contributed by atoms with van der Waals surface area (Å²) in [6, 6.07) is 6.63. The van der Waals surface area contributed by atoms with Gasteiger partial charge in [0.15, 0.2) is 11.6 Å². The number of fused-ring (bicyclic) bond motifs is 2. The molecule has 3 rings (SSSR count). The van der Waals surface area contributed by atoms with Gasteiger partial charge in [-0.2, -0.15) is 0 Å². The molecule has 2 nitrogen and oxygen atoms in total. The Bertz CT molecular complexity index is 840. The zero-order valence-electron chi connectivity index (χ0n) is 8.84. The number of hydrogen-bond acceptors (Lipinski definition) is 2. The van der Waals surface area contributed by atoms with Gasteiger partial charge in [-0.05, 0) is 24.3 Å². The van der Waals surface area contributed by atoms with E-state index >= 15 is 0 Å². The summed E-state index contributed by atoms with van der Waals surface area (Å²) in [6.45, 7) is 0. The van der Waals surface area contributed by atoms with Crippen LogP contribution in [-0.4, -0.2) is 0 Å². The van der Waals surface area contributed by atoms with Gasteiger partial charge in [0.1, 0.15) is 11.2 Å². The molecule has 0 amide bonds. The van der Waals surface area contributed by atoms with Crippen molar-refractivity contribution in [3.8, 4) is 0 Å². The van der Waals surface area contributed by atoms with E-state index in [0.29, 0.717) is 15.4 Å². The van der Waals surface area contributed by atoms with Gasteiger partial charge in [0.05, 0.1) is 10.8 Å². The Morgan fingerprint density at radius 1 is 0.944 bits per heavy atom. The molecule has 0 saturated carbocycles. The molecule has 0 unspecified atom stereocenters. The molecule has 0 N–H and O–H groups in total. The first kappa shape index (κ1) is 11.3. The van der Waals surface area contributed by atoms with Crippen LogP contribution in [0.1, 0.15) is 0 Å². The summed E-state index contributed by atoms with van der Waals surface area (Å²) in [4.78, 5) is 12.1. The molecule has 0 bridgehead atoms. The third-order valence-electron chi connectivity index (χ3n) is 2.67. The van der Waals surface area contributed by atoms with E-state index in [2.05, 4.69) is 15.9 Å². The minimum absolute atomic E-state index is 0.0273. The summed E-state index contributed by atoms with van der Waals surface area (Å²) in [5.74, 6) is -2.11. The SMILES string of the molecule is O=c1c2cc(Br)ccc2oc2cc(F)c(F)cc12. The van der Waals surface area contributed by atoms with E-state index in [4.69, 9.17) is 4.42 Å². The smallest absolute Gasteiger partial charge is 0.200 e. The van der Waals surface area contributed by atoms with E-state index in [-0.39, 0.29) is 16.4 Å². The number of benzene rings is 2. The maximum atomic E-state index is 13.1. The van der Waals surface area contributed by atoms with Gasteiger partial charge in [0, 0.05) is 10.5 Å². The largest absolute Gasteiger partial charge is 0.456 e. The molecule has 1 heterocycles. The van der Waals surface area contributed by atoms with Crippen LogP contribution in [0.5, 0.6) is 0 Å². The van der Waals surface area contributed by atoms with Crippen LogP contribution in [0.15, 0.2) is 44.0 Å². The molecule has 0 aliphatic heterocycles. The van der Waals surface area contributed by atoms with Gasteiger partial charge in [0.25, 0.3) is 0 Å². The summed E-state index contributed by atoms with van der Waals surface area (Å²) >= 11 is 3.24. The normalized spacial score (nSPS) is 11.3. The Kier molecular flexibility index (Phi) is 2.45. The second kappa shape index (κ2) is 3.88. The first-order valence-electron chi connectivity index (χ1n) is 5.07. The molecule has 0 saturated heterocycles. The highest BCUT2D eigenvalue weighted by molar-refractivity contribution is 9.10. The number of hydrogen-bond donors (Lipinski definition) is 0. The zero-order chi connectivity index (χ0) is 12.9. The van der Waals surface area contributed by atoms with Crippen molar-refractivity contribution in [2.75, 3.05) is 0 Å². The molecule has 0 atom stereocenters. The first-order valence-corrected chi connectivity index (χ1v) is 5.87. The second-order valence-electron chi connectivity index (χ2n) is 3.83. The van der Waals surface area contributed by atoms with E-state index < -0.39 is 11.6 Å². The number of halogens is 3. The van der Waals surface area contributed by atoms with E-state index in [1.54, 1.807) is 18.2 Å². The van der Waals surface area contributed by atoms with Gasteiger partial charge in [-0.15, -0.1) is 0 Å². The average molecular weight is 311 g/mol. The monoisotopic (exact) mass is 310 g/mol. The minimum atomic E-state index is -1.07. The predicted octanol–water partition coefficient (Wildman–Crippen LogP) is 3.99. The van der Waals surface area contributed by atoms with Crippen LogP contribution in [0.3, 0.4) is 0 Å². The van der Waals surface area contributed by atoms with E-state index in [1.807, 2.05) is 0 Å². The molecule has 1 aromatic heterocycles. The van der Waals surface area contributed by atoms with Crippen LogP contribution >= 0.6 is 15.9 Å². The topological polar surface area (TPSA) is 30.2 Å². The zero-order valence-corrected chi connectivity index (χ0v) is 10.4. The minimum Gasteiger partial charge on any atom is -0.456 e. The Hall–Kier alpha value is -1.75. The van der Waals surface area contributed by atoms with E-state index in [1.165, 1.54) is 0 Å². The molecule has 0 radical (unpaired) electrons. The molecule has 3 aromatic rings. The van der Waals surface area contributed by atoms with Crippen molar-refractivity contribution in [3.63, 3.8) is 0 Å². The van der Waals surface area contributed by atoms with Crippen molar-refractivity contribution in [2.24, 2.45) is 0 Å². The lowest BCUT2D eigenvalue weighted by molar-refractivity contribution is 0.507. The summed E-state index contributed by atoms with van der Waals surface area (Å²) in [5, 5.41) is 0.349. The molecular weight excluding hydrogens is 306 g/mol. The van der Waals surface area contributed by atoms with Crippen LogP contribution in [-0.2, 0) is 0 Å². The first-order chi connectivity index (χ1) is 8.56. The maximum absolute atomic E-state index is 13.1. The van der Waals surface area contributed by atoms with Crippen molar-refractivity contribution in [1.29, 1.82) is 0 Å². The second-order valence-corrected chi connectivity index (χ2v) is 4.75. The fourth-order valence-corrected chi connectivity index (χ4v) is 2.18. The van der Waals surface area contributed by atoms with Crippen LogP contribution < -0.4 is 5.43 Å². The lowest BCUT2D eigenvalue weighted by atomic mass is 10.1. The Morgan fingerprint density at radius 3 is 2.39 bits per heavy atom. The van der Waals surface area contributed by atoms with Gasteiger partial charge in [-0.25, -0.2) is 8.78 Å². The highest BCUT2D eigenvalue weighted by Crippen LogP contribution is 2.23. The number of rotatable bonds is 0. The van der Waals surface area contributed by atoms with Crippen molar-refractivity contribution >= 4 is 37.9 Å². The quantitative estimate of drug-likeness (QED) is 0.588. The molecule has 0 fully saturated rings. The molecule has 0 aliphatic carbocycles. The average Bonchev–Trinajstić information content (AvgIpc) is 2.33. The fourth-order valence-electron chi connectivity index (χ4n) is 1.82. The van der Waals surface area contributed by atoms with Crippen molar-refractivity contribution in [1.82, 2.24) is 0 Å². The summed E-state index contributed by atoms with van der Waals surface area (Å²) in [5.41, 5.74) is -0.0121. The van der Waals surface area contributed by atoms with Crippen LogP contribution in [0.4, 0.5) is 8.78 Å². The lowest BCUT2D eigenvalue weighted by Gasteiger charge is -2.02. The van der Waals surface area contributed by atoms with Gasteiger partial charge in [-0.3, -0.25) is 4.79 Å². The van der Waals surface area contributed by atoms with Gasteiger partial charge < -0.3 is 4.42 Å². The highest BCUT2D eigenvalue weighted by Gasteiger charge is 2.12. The lowest BCUT2D eigenvalue weighted by Crippen LogP contribution is -2.03. The van der Waals surface area contributed by atoms with E-state index in [9.17, 15) is 13.6 Å². The van der Waals surface area contributed by atoms with Crippen LogP contribution in [0, 0.1) is 11.6 Å². The Balaban J connectivity index is 2.57. The third kappa shape index (κ3) is 1.62. The molecular formula is C13H5BrF2O2. The van der Waals surface area contributed by atoms with Gasteiger partial charge in [-0.1, -0.05) is 15.9 Å². The summed E-state index contributed by atoms with van der Waals surface area (Å²) in [7, 11) is 0. The van der Waals surface area contributed by atoms with E-state index in [0.717, 1.165) is 12.1 Å². The highest BCUT2D eigenvalue weighted by atomic mass is 79.9. The summed E-state index contributed by atoms with van der Waals surface area (Å²) < 4.78 is 32.3. The molecule has 2 aromatic carbocycles. The third-order valence-corrected chi connectivity index (χ3v) is 3.17. The van der Waals surface area contributed by atoms with Crippen molar-refractivity contribution in [2.45, 2.75) is 0 Å². The van der Waals surface area contributed by atoms with Crippen LogP contribution in [0.2, 0.25) is 0 Å². The fraction of sp³-hybridized carbons (Fsp3) is 0. The van der Waals surface area contributed by atoms with Crippen LogP contribution in [0.25, 0.3) is 21.9 Å². The molecule has 18 heavy (non-hydrogen) atoms. The molecule has 90 valence electrons. The predicted molar refractivity (Wildman–Crippen MR) is 67.6 cm³/mol. The van der Waals surface area contributed by atoms with Gasteiger partial charge >= 0.3 is 0 Å². The molecule has 5 heteroatoms. The maximum Gasteiger partial charge on any atom is 0.200 e. The Morgan fingerprint density at radius 2 is 1.61 bits per heavy atom. The van der Waals surface area contributed by atoms with Gasteiger partial charge in [0.2, 0.25) is 5.43 Å². The molecule has 0 spiro atoms. The molecule has 0 aliphatic rings. The van der Waals surface area contributed by atoms with Crippen molar-refractivity contribution < 1.29 is 13.2 Å². The van der Waals surface area contributed by atoms with Crippen molar-refractivity contribution in [3.05, 3.63) is 56.7 Å². The Labute approximate surface area is 108 Å². The summed E-state index contributed by atoms with van der Waals surface area (Å²) in [6.07, 6.45) is 0. The standard InChI is InChI=1S/C13H5BrF2O2/c14-6-1-2-11-7(3-6)13(17)8-4-9(15)10(16)5-12(8)18-11/h1-5H.